The lowest BCUT2D eigenvalue weighted by molar-refractivity contribution is -0.153. The molecule has 1 aliphatic rings. The molecular formula is C18H25NO4. The third-order valence-corrected chi connectivity index (χ3v) is 3.97. The van der Waals surface area contributed by atoms with Crippen LogP contribution in [0.4, 0.5) is 5.69 Å². The summed E-state index contributed by atoms with van der Waals surface area (Å²) in [6.45, 7) is 3.85. The summed E-state index contributed by atoms with van der Waals surface area (Å²) in [6, 6.07) is 7.25. The molecule has 2 rings (SSSR count). The molecule has 0 saturated heterocycles. The van der Waals surface area contributed by atoms with Crippen LogP contribution in [0, 0.1) is 5.92 Å². The molecule has 5 nitrogen and oxygen atoms in total. The van der Waals surface area contributed by atoms with Crippen LogP contribution >= 0.6 is 0 Å². The largest absolute Gasteiger partial charge is 0.459 e. The zero-order valence-electron chi connectivity index (χ0n) is 13.8. The van der Waals surface area contributed by atoms with Crippen molar-refractivity contribution in [2.24, 2.45) is 5.92 Å². The number of benzene rings is 1. The molecule has 0 aromatic heterocycles. The van der Waals surface area contributed by atoms with Crippen LogP contribution in [0.1, 0.15) is 45.1 Å². The van der Waals surface area contributed by atoms with Gasteiger partial charge < -0.3 is 14.8 Å². The molecule has 0 spiro atoms. The lowest BCUT2D eigenvalue weighted by Gasteiger charge is -2.26. The van der Waals surface area contributed by atoms with Crippen molar-refractivity contribution in [3.63, 3.8) is 0 Å². The van der Waals surface area contributed by atoms with Gasteiger partial charge in [0.15, 0.2) is 0 Å². The first-order valence-electron chi connectivity index (χ1n) is 8.16. The van der Waals surface area contributed by atoms with Crippen LogP contribution in [-0.2, 0) is 25.7 Å². The average molecular weight is 319 g/mol. The first-order valence-corrected chi connectivity index (χ1v) is 8.16. The summed E-state index contributed by atoms with van der Waals surface area (Å²) in [5, 5.41) is 2.70. The van der Waals surface area contributed by atoms with Gasteiger partial charge in [0.25, 0.3) is 0 Å². The molecule has 1 aromatic carbocycles. The molecule has 1 aromatic rings. The Morgan fingerprint density at radius 2 is 2.13 bits per heavy atom. The van der Waals surface area contributed by atoms with Crippen LogP contribution in [0.3, 0.4) is 0 Å². The molecule has 0 heterocycles. The minimum atomic E-state index is -0.354. The van der Waals surface area contributed by atoms with E-state index in [1.165, 1.54) is 13.3 Å². The highest BCUT2D eigenvalue weighted by Gasteiger charge is 2.20. The quantitative estimate of drug-likeness (QED) is 0.817. The van der Waals surface area contributed by atoms with E-state index in [9.17, 15) is 9.59 Å². The third-order valence-electron chi connectivity index (χ3n) is 3.97. The monoisotopic (exact) mass is 319 g/mol. The summed E-state index contributed by atoms with van der Waals surface area (Å²) in [6.07, 6.45) is 4.63. The van der Waals surface area contributed by atoms with E-state index in [4.69, 9.17) is 9.47 Å². The second-order valence-electron chi connectivity index (χ2n) is 6.25. The van der Waals surface area contributed by atoms with Crippen molar-refractivity contribution in [1.29, 1.82) is 0 Å². The predicted molar refractivity (Wildman–Crippen MR) is 87.9 cm³/mol. The summed E-state index contributed by atoms with van der Waals surface area (Å²) < 4.78 is 10.9. The Morgan fingerprint density at radius 3 is 2.87 bits per heavy atom. The van der Waals surface area contributed by atoms with Gasteiger partial charge in [-0.05, 0) is 36.5 Å². The Kier molecular flexibility index (Phi) is 6.59. The minimum absolute atomic E-state index is 0.00275. The predicted octanol–water partition coefficient (Wildman–Crippen LogP) is 3.28. The SMILES string of the molecule is CC(=O)Nc1cccc(COC(=O)COC2CCCC(C)C2)c1. The van der Waals surface area contributed by atoms with E-state index in [0.29, 0.717) is 11.6 Å². The summed E-state index contributed by atoms with van der Waals surface area (Å²) >= 11 is 0. The van der Waals surface area contributed by atoms with E-state index < -0.39 is 0 Å². The minimum Gasteiger partial charge on any atom is -0.459 e. The van der Waals surface area contributed by atoms with E-state index in [1.807, 2.05) is 12.1 Å². The molecule has 1 saturated carbocycles. The van der Waals surface area contributed by atoms with Crippen LogP contribution in [0.15, 0.2) is 24.3 Å². The van der Waals surface area contributed by atoms with Gasteiger partial charge in [-0.25, -0.2) is 4.79 Å². The van der Waals surface area contributed by atoms with E-state index in [2.05, 4.69) is 12.2 Å². The lowest BCUT2D eigenvalue weighted by Crippen LogP contribution is -2.25. The van der Waals surface area contributed by atoms with Gasteiger partial charge in [-0.15, -0.1) is 0 Å². The van der Waals surface area contributed by atoms with Crippen molar-refractivity contribution in [3.8, 4) is 0 Å². The zero-order valence-corrected chi connectivity index (χ0v) is 13.8. The summed E-state index contributed by atoms with van der Waals surface area (Å²) in [5.74, 6) is 0.184. The summed E-state index contributed by atoms with van der Waals surface area (Å²) in [5.41, 5.74) is 1.52. The Balaban J connectivity index is 1.72. The second-order valence-corrected chi connectivity index (χ2v) is 6.25. The highest BCUT2D eigenvalue weighted by atomic mass is 16.6. The molecule has 0 radical (unpaired) electrons. The maximum Gasteiger partial charge on any atom is 0.332 e. The highest BCUT2D eigenvalue weighted by molar-refractivity contribution is 5.88. The maximum atomic E-state index is 11.8. The van der Waals surface area contributed by atoms with E-state index >= 15 is 0 Å². The van der Waals surface area contributed by atoms with Crippen molar-refractivity contribution in [3.05, 3.63) is 29.8 Å². The van der Waals surface area contributed by atoms with Gasteiger partial charge in [0.2, 0.25) is 5.91 Å². The van der Waals surface area contributed by atoms with Crippen molar-refractivity contribution in [2.45, 2.75) is 52.2 Å². The number of ether oxygens (including phenoxy) is 2. The third kappa shape index (κ3) is 6.40. The first-order chi connectivity index (χ1) is 11.0. The molecule has 126 valence electrons. The molecule has 23 heavy (non-hydrogen) atoms. The van der Waals surface area contributed by atoms with Gasteiger partial charge in [0.1, 0.15) is 13.2 Å². The van der Waals surface area contributed by atoms with Crippen LogP contribution in [0.25, 0.3) is 0 Å². The second kappa shape index (κ2) is 8.67. The fraction of sp³-hybridized carbons (Fsp3) is 0.556. The van der Waals surface area contributed by atoms with Gasteiger partial charge in [0, 0.05) is 12.6 Å². The Morgan fingerprint density at radius 1 is 1.30 bits per heavy atom. The van der Waals surface area contributed by atoms with E-state index in [0.717, 1.165) is 24.8 Å². The summed E-state index contributed by atoms with van der Waals surface area (Å²) in [7, 11) is 0. The van der Waals surface area contributed by atoms with Crippen molar-refractivity contribution >= 4 is 17.6 Å². The van der Waals surface area contributed by atoms with Crippen LogP contribution in [0.2, 0.25) is 0 Å². The number of hydrogen-bond acceptors (Lipinski definition) is 4. The Bertz CT molecular complexity index is 544. The number of rotatable bonds is 6. The molecule has 2 unspecified atom stereocenters. The van der Waals surface area contributed by atoms with Gasteiger partial charge in [0.05, 0.1) is 6.10 Å². The first kappa shape index (κ1) is 17.5. The van der Waals surface area contributed by atoms with E-state index in [-0.39, 0.29) is 31.2 Å². The van der Waals surface area contributed by atoms with Crippen LogP contribution < -0.4 is 5.32 Å². The number of hydrogen-bond donors (Lipinski definition) is 1. The fourth-order valence-corrected chi connectivity index (χ4v) is 2.86. The number of esters is 1. The maximum absolute atomic E-state index is 11.8. The van der Waals surface area contributed by atoms with Gasteiger partial charge in [-0.1, -0.05) is 31.9 Å². The Hall–Kier alpha value is -1.88. The molecular weight excluding hydrogens is 294 g/mol. The van der Waals surface area contributed by atoms with Crippen molar-refractivity contribution < 1.29 is 19.1 Å². The fourth-order valence-electron chi connectivity index (χ4n) is 2.86. The normalized spacial score (nSPS) is 20.8. The number of amides is 1. The standard InChI is InChI=1S/C18H25NO4/c1-13-5-3-8-17(9-13)22-12-18(21)23-11-15-6-4-7-16(10-15)19-14(2)20/h4,6-7,10,13,17H,3,5,8-9,11-12H2,1-2H3,(H,19,20). The zero-order chi connectivity index (χ0) is 16.7. The lowest BCUT2D eigenvalue weighted by atomic mass is 9.89. The molecule has 2 atom stereocenters. The average Bonchev–Trinajstić information content (AvgIpc) is 2.51. The van der Waals surface area contributed by atoms with Gasteiger partial charge in [-0.2, -0.15) is 0 Å². The number of nitrogens with one attached hydrogen (secondary N) is 1. The smallest absolute Gasteiger partial charge is 0.332 e. The summed E-state index contributed by atoms with van der Waals surface area (Å²) in [4.78, 5) is 22.8. The molecule has 1 fully saturated rings. The highest BCUT2D eigenvalue weighted by Crippen LogP contribution is 2.25. The molecule has 1 amide bonds. The topological polar surface area (TPSA) is 64.6 Å². The van der Waals surface area contributed by atoms with Crippen LogP contribution in [-0.4, -0.2) is 24.6 Å². The van der Waals surface area contributed by atoms with Crippen molar-refractivity contribution in [2.75, 3.05) is 11.9 Å². The molecule has 0 bridgehead atoms. The Labute approximate surface area is 137 Å². The molecule has 1 N–H and O–H groups in total. The molecule has 0 aliphatic heterocycles. The molecule has 5 heteroatoms. The molecule has 1 aliphatic carbocycles. The van der Waals surface area contributed by atoms with Crippen LogP contribution in [0.5, 0.6) is 0 Å². The number of carbonyl (C=O) groups is 2. The number of carbonyl (C=O) groups excluding carboxylic acids is 2. The number of anilines is 1. The van der Waals surface area contributed by atoms with E-state index in [1.54, 1.807) is 12.1 Å². The van der Waals surface area contributed by atoms with Gasteiger partial charge >= 0.3 is 5.97 Å². The van der Waals surface area contributed by atoms with Gasteiger partial charge in [-0.3, -0.25) is 4.79 Å². The van der Waals surface area contributed by atoms with Crippen molar-refractivity contribution in [1.82, 2.24) is 0 Å².